The van der Waals surface area contributed by atoms with Crippen molar-refractivity contribution in [1.29, 1.82) is 0 Å². The predicted molar refractivity (Wildman–Crippen MR) is 93.3 cm³/mol. The molecule has 0 aromatic heterocycles. The molecule has 0 saturated carbocycles. The summed E-state index contributed by atoms with van der Waals surface area (Å²) in [6.07, 6.45) is -0.186. The molecule has 6 heteroatoms. The number of benzene rings is 1. The van der Waals surface area contributed by atoms with Crippen LogP contribution >= 0.6 is 12.2 Å². The monoisotopic (exact) mass is 334 g/mol. The molecule has 0 saturated heterocycles. The van der Waals surface area contributed by atoms with Crippen LogP contribution in [-0.4, -0.2) is 24.3 Å². The Kier molecular flexibility index (Phi) is 5.26. The third-order valence-electron chi connectivity index (χ3n) is 3.62. The Hall–Kier alpha value is -2.08. The maximum atomic E-state index is 12.5. The Morgan fingerprint density at radius 1 is 1.30 bits per heavy atom. The number of methoxy groups -OCH3 is 1. The van der Waals surface area contributed by atoms with Gasteiger partial charge >= 0.3 is 5.97 Å². The second-order valence-corrected chi connectivity index (χ2v) is 6.15. The van der Waals surface area contributed by atoms with Gasteiger partial charge in [0, 0.05) is 5.70 Å². The van der Waals surface area contributed by atoms with Crippen molar-refractivity contribution in [2.45, 2.75) is 39.8 Å². The maximum absolute atomic E-state index is 12.5. The van der Waals surface area contributed by atoms with Gasteiger partial charge in [-0.3, -0.25) is 0 Å². The highest BCUT2D eigenvalue weighted by atomic mass is 32.1. The normalized spacial score (nSPS) is 17.7. The number of rotatable bonds is 4. The molecule has 1 aromatic rings. The zero-order valence-corrected chi connectivity index (χ0v) is 14.8. The van der Waals surface area contributed by atoms with Crippen LogP contribution < -0.4 is 15.4 Å². The molecule has 0 amide bonds. The lowest BCUT2D eigenvalue weighted by atomic mass is 9.92. The molecule has 124 valence electrons. The molecule has 0 bridgehead atoms. The molecule has 2 N–H and O–H groups in total. The Morgan fingerprint density at radius 2 is 2.00 bits per heavy atom. The maximum Gasteiger partial charge on any atom is 0.338 e. The summed E-state index contributed by atoms with van der Waals surface area (Å²) >= 11 is 5.25. The summed E-state index contributed by atoms with van der Waals surface area (Å²) in [5, 5.41) is 6.66. The first-order valence-corrected chi connectivity index (χ1v) is 7.88. The molecule has 1 aliphatic heterocycles. The van der Waals surface area contributed by atoms with E-state index < -0.39 is 0 Å². The van der Waals surface area contributed by atoms with Crippen molar-refractivity contribution in [3.63, 3.8) is 0 Å². The first kappa shape index (κ1) is 17.3. The molecule has 23 heavy (non-hydrogen) atoms. The van der Waals surface area contributed by atoms with E-state index >= 15 is 0 Å². The number of hydrogen-bond donors (Lipinski definition) is 2. The average Bonchev–Trinajstić information content (AvgIpc) is 2.45. The fraction of sp³-hybridized carbons (Fsp3) is 0.412. The lowest BCUT2D eigenvalue weighted by molar-refractivity contribution is -0.143. The molecule has 0 unspecified atom stereocenters. The van der Waals surface area contributed by atoms with Crippen LogP contribution in [0.15, 0.2) is 29.5 Å². The third kappa shape index (κ3) is 3.82. The fourth-order valence-corrected chi connectivity index (χ4v) is 2.85. The van der Waals surface area contributed by atoms with Gasteiger partial charge in [-0.15, -0.1) is 0 Å². The van der Waals surface area contributed by atoms with Gasteiger partial charge in [0.25, 0.3) is 0 Å². The summed E-state index contributed by atoms with van der Waals surface area (Å²) in [5.74, 6) is 0.426. The summed E-state index contributed by atoms with van der Waals surface area (Å²) in [7, 11) is 1.63. The molecule has 2 rings (SSSR count). The van der Waals surface area contributed by atoms with E-state index in [9.17, 15) is 4.79 Å². The number of esters is 1. The van der Waals surface area contributed by atoms with Crippen LogP contribution in [0.2, 0.25) is 0 Å². The van der Waals surface area contributed by atoms with Crippen molar-refractivity contribution in [2.75, 3.05) is 7.11 Å². The van der Waals surface area contributed by atoms with Crippen LogP contribution in [0.5, 0.6) is 5.75 Å². The zero-order valence-electron chi connectivity index (χ0n) is 14.0. The summed E-state index contributed by atoms with van der Waals surface area (Å²) in [6, 6.07) is 5.40. The van der Waals surface area contributed by atoms with E-state index in [-0.39, 0.29) is 18.1 Å². The Bertz CT molecular complexity index is 668. The zero-order chi connectivity index (χ0) is 17.1. The van der Waals surface area contributed by atoms with Gasteiger partial charge in [0.05, 0.1) is 24.8 Å². The van der Waals surface area contributed by atoms with E-state index in [2.05, 4.69) is 10.6 Å². The molecule has 0 radical (unpaired) electrons. The van der Waals surface area contributed by atoms with E-state index in [4.69, 9.17) is 21.7 Å². The van der Waals surface area contributed by atoms with E-state index in [0.29, 0.717) is 16.4 Å². The highest BCUT2D eigenvalue weighted by Gasteiger charge is 2.32. The fourth-order valence-electron chi connectivity index (χ4n) is 2.57. The molecular weight excluding hydrogens is 312 g/mol. The summed E-state index contributed by atoms with van der Waals surface area (Å²) in [5.41, 5.74) is 3.22. The standard InChI is InChI=1S/C17H22N2O3S/c1-9(2)22-16(20)14-11(4)18-17(23)19-15(14)13-7-6-12(21-5)8-10(13)3/h6-9,15H,1-5H3,(H2,18,19,23)/t15-/m0/s1. The van der Waals surface area contributed by atoms with Crippen LogP contribution in [0, 0.1) is 6.92 Å². The predicted octanol–water partition coefficient (Wildman–Crippen LogP) is 2.75. The first-order chi connectivity index (χ1) is 10.8. The number of aryl methyl sites for hydroxylation is 1. The number of thiocarbonyl (C=S) groups is 1. The highest BCUT2D eigenvalue weighted by molar-refractivity contribution is 7.80. The van der Waals surface area contributed by atoms with Gasteiger partial charge in [-0.2, -0.15) is 0 Å². The minimum absolute atomic E-state index is 0.186. The lowest BCUT2D eigenvalue weighted by Gasteiger charge is -2.31. The van der Waals surface area contributed by atoms with Crippen molar-refractivity contribution in [3.05, 3.63) is 40.6 Å². The van der Waals surface area contributed by atoms with Gasteiger partial charge in [0.15, 0.2) is 5.11 Å². The van der Waals surface area contributed by atoms with E-state index in [0.717, 1.165) is 16.9 Å². The van der Waals surface area contributed by atoms with Crippen LogP contribution in [0.1, 0.15) is 37.9 Å². The Labute approximate surface area is 142 Å². The SMILES string of the molecule is COc1ccc([C@@H]2NC(=S)NC(C)=C2C(=O)OC(C)C)c(C)c1. The van der Waals surface area contributed by atoms with E-state index in [1.807, 2.05) is 45.9 Å². The summed E-state index contributed by atoms with van der Waals surface area (Å²) in [4.78, 5) is 12.5. The largest absolute Gasteiger partial charge is 0.497 e. The third-order valence-corrected chi connectivity index (χ3v) is 3.84. The van der Waals surface area contributed by atoms with Crippen molar-refractivity contribution in [2.24, 2.45) is 0 Å². The minimum Gasteiger partial charge on any atom is -0.497 e. The van der Waals surface area contributed by atoms with Crippen LogP contribution in [0.25, 0.3) is 0 Å². The molecule has 1 aromatic carbocycles. The second kappa shape index (κ2) is 7.00. The van der Waals surface area contributed by atoms with Gasteiger partial charge < -0.3 is 20.1 Å². The number of hydrogen-bond acceptors (Lipinski definition) is 4. The van der Waals surface area contributed by atoms with Gasteiger partial charge in [-0.05, 0) is 63.2 Å². The molecule has 0 fully saturated rings. The molecule has 0 spiro atoms. The smallest absolute Gasteiger partial charge is 0.338 e. The topological polar surface area (TPSA) is 59.6 Å². The average molecular weight is 334 g/mol. The molecule has 0 aliphatic carbocycles. The van der Waals surface area contributed by atoms with Gasteiger partial charge in [-0.25, -0.2) is 4.79 Å². The molecule has 1 heterocycles. The number of carbonyl (C=O) groups is 1. The summed E-state index contributed by atoms with van der Waals surface area (Å²) < 4.78 is 10.6. The van der Waals surface area contributed by atoms with Crippen molar-refractivity contribution >= 4 is 23.3 Å². The number of carbonyl (C=O) groups excluding carboxylic acids is 1. The minimum atomic E-state index is -0.347. The van der Waals surface area contributed by atoms with E-state index in [1.165, 1.54) is 0 Å². The number of nitrogens with one attached hydrogen (secondary N) is 2. The molecule has 5 nitrogen and oxygen atoms in total. The highest BCUT2D eigenvalue weighted by Crippen LogP contribution is 2.31. The van der Waals surface area contributed by atoms with E-state index in [1.54, 1.807) is 7.11 Å². The van der Waals surface area contributed by atoms with Gasteiger partial charge in [-0.1, -0.05) is 6.07 Å². The van der Waals surface area contributed by atoms with Crippen LogP contribution in [0.3, 0.4) is 0 Å². The van der Waals surface area contributed by atoms with Crippen molar-refractivity contribution < 1.29 is 14.3 Å². The Balaban J connectivity index is 2.46. The molecular formula is C17H22N2O3S. The number of allylic oxidation sites excluding steroid dienone is 1. The van der Waals surface area contributed by atoms with Crippen LogP contribution in [0.4, 0.5) is 0 Å². The molecule has 1 atom stereocenters. The van der Waals surface area contributed by atoms with Crippen LogP contribution in [-0.2, 0) is 9.53 Å². The van der Waals surface area contributed by atoms with Crippen molar-refractivity contribution in [3.8, 4) is 5.75 Å². The second-order valence-electron chi connectivity index (χ2n) is 5.75. The lowest BCUT2D eigenvalue weighted by Crippen LogP contribution is -2.45. The Morgan fingerprint density at radius 3 is 2.57 bits per heavy atom. The van der Waals surface area contributed by atoms with Gasteiger partial charge in [0.2, 0.25) is 0 Å². The quantitative estimate of drug-likeness (QED) is 0.652. The van der Waals surface area contributed by atoms with Gasteiger partial charge in [0.1, 0.15) is 5.75 Å². The first-order valence-electron chi connectivity index (χ1n) is 7.47. The molecule has 1 aliphatic rings. The van der Waals surface area contributed by atoms with Crippen molar-refractivity contribution in [1.82, 2.24) is 10.6 Å². The summed E-state index contributed by atoms with van der Waals surface area (Å²) in [6.45, 7) is 7.47. The number of ether oxygens (including phenoxy) is 2.